The van der Waals surface area contributed by atoms with E-state index in [0.717, 1.165) is 4.47 Å². The van der Waals surface area contributed by atoms with Crippen molar-refractivity contribution < 1.29 is 27.9 Å². The standard InChI is InChI=1S/C27H25BrF3N3O3/c1-14-23(19-11-16(28)7-9-22(19)32-24(14)34-12-27(30,31)13-34)25(35)33-21-8-6-15(26(36)37)10-18(21)17-4-2-3-5-20(17)29/h2-5,7,9,11,15,18,21H,6,8,10,12-13H2,1H3,(H,33,35)(H,36,37). The molecular formula is C27H25BrF3N3O3. The lowest BCUT2D eigenvalue weighted by atomic mass is 9.74. The number of halogens is 4. The Kier molecular flexibility index (Phi) is 6.64. The highest BCUT2D eigenvalue weighted by Crippen LogP contribution is 2.39. The van der Waals surface area contributed by atoms with Gasteiger partial charge in [-0.1, -0.05) is 34.1 Å². The Bertz CT molecular complexity index is 1390. The van der Waals surface area contributed by atoms with Crippen LogP contribution in [0.5, 0.6) is 0 Å². The fraction of sp³-hybridized carbons (Fsp3) is 0.370. The molecule has 3 unspecified atom stereocenters. The monoisotopic (exact) mass is 575 g/mol. The average Bonchev–Trinajstić information content (AvgIpc) is 2.82. The minimum atomic E-state index is -2.80. The molecule has 37 heavy (non-hydrogen) atoms. The number of aliphatic carboxylic acids is 1. The molecular weight excluding hydrogens is 551 g/mol. The lowest BCUT2D eigenvalue weighted by Gasteiger charge is -2.40. The van der Waals surface area contributed by atoms with Crippen molar-refractivity contribution in [2.24, 2.45) is 5.92 Å². The molecule has 1 saturated heterocycles. The Hall–Kier alpha value is -3.14. The van der Waals surface area contributed by atoms with Crippen LogP contribution in [-0.2, 0) is 4.79 Å². The Morgan fingerprint density at radius 3 is 2.57 bits per heavy atom. The molecule has 0 radical (unpaired) electrons. The van der Waals surface area contributed by atoms with E-state index in [9.17, 15) is 27.9 Å². The predicted molar refractivity (Wildman–Crippen MR) is 137 cm³/mol. The Balaban J connectivity index is 1.53. The highest BCUT2D eigenvalue weighted by atomic mass is 79.9. The van der Waals surface area contributed by atoms with Crippen molar-refractivity contribution >= 4 is 44.5 Å². The molecule has 1 aliphatic heterocycles. The number of carboxylic acid groups (broad SMARTS) is 1. The minimum absolute atomic E-state index is 0.191. The van der Waals surface area contributed by atoms with Crippen LogP contribution in [0.2, 0.25) is 0 Å². The van der Waals surface area contributed by atoms with Crippen molar-refractivity contribution in [2.75, 3.05) is 18.0 Å². The van der Waals surface area contributed by atoms with Crippen LogP contribution in [0.25, 0.3) is 10.9 Å². The molecule has 2 aliphatic rings. The Morgan fingerprint density at radius 2 is 1.89 bits per heavy atom. The fourth-order valence-electron chi connectivity index (χ4n) is 5.51. The summed E-state index contributed by atoms with van der Waals surface area (Å²) < 4.78 is 42.8. The maximum Gasteiger partial charge on any atom is 0.306 e. The van der Waals surface area contributed by atoms with Gasteiger partial charge in [0, 0.05) is 27.4 Å². The summed E-state index contributed by atoms with van der Waals surface area (Å²) in [6.45, 7) is 0.737. The van der Waals surface area contributed by atoms with E-state index in [-0.39, 0.29) is 6.42 Å². The quantitative estimate of drug-likeness (QED) is 0.410. The lowest BCUT2D eigenvalue weighted by molar-refractivity contribution is -0.143. The summed E-state index contributed by atoms with van der Waals surface area (Å²) >= 11 is 3.43. The molecule has 1 aromatic heterocycles. The molecule has 1 aliphatic carbocycles. The number of pyridine rings is 1. The number of rotatable bonds is 5. The van der Waals surface area contributed by atoms with Gasteiger partial charge in [-0.2, -0.15) is 0 Å². The van der Waals surface area contributed by atoms with Crippen molar-refractivity contribution in [1.29, 1.82) is 0 Å². The molecule has 1 saturated carbocycles. The number of amides is 1. The van der Waals surface area contributed by atoms with Gasteiger partial charge in [0.1, 0.15) is 11.6 Å². The van der Waals surface area contributed by atoms with Gasteiger partial charge in [-0.15, -0.1) is 0 Å². The number of nitrogens with zero attached hydrogens (tertiary/aromatic N) is 2. The summed E-state index contributed by atoms with van der Waals surface area (Å²) in [5, 5.41) is 13.2. The third kappa shape index (κ3) is 4.91. The summed E-state index contributed by atoms with van der Waals surface area (Å²) in [5.74, 6) is -5.48. The first-order valence-corrected chi connectivity index (χ1v) is 12.8. The van der Waals surface area contributed by atoms with Crippen LogP contribution < -0.4 is 10.2 Å². The van der Waals surface area contributed by atoms with E-state index in [2.05, 4.69) is 26.2 Å². The van der Waals surface area contributed by atoms with Crippen molar-refractivity contribution in [3.05, 3.63) is 69.4 Å². The van der Waals surface area contributed by atoms with E-state index in [0.29, 0.717) is 46.3 Å². The summed E-state index contributed by atoms with van der Waals surface area (Å²) in [6, 6.07) is 10.9. The van der Waals surface area contributed by atoms with Crippen LogP contribution in [0, 0.1) is 18.7 Å². The number of nitrogens with one attached hydrogen (secondary N) is 1. The second-order valence-corrected chi connectivity index (χ2v) is 10.8. The van der Waals surface area contributed by atoms with Gasteiger partial charge in [-0.25, -0.2) is 18.2 Å². The molecule has 0 spiro atoms. The smallest absolute Gasteiger partial charge is 0.306 e. The van der Waals surface area contributed by atoms with E-state index >= 15 is 0 Å². The first kappa shape index (κ1) is 25.5. The number of fused-ring (bicyclic) bond motifs is 1. The summed E-state index contributed by atoms with van der Waals surface area (Å²) in [7, 11) is 0. The third-order valence-electron chi connectivity index (χ3n) is 7.36. The lowest BCUT2D eigenvalue weighted by Crippen LogP contribution is -2.57. The molecule has 2 aromatic carbocycles. The normalized spacial score (nSPS) is 22.9. The molecule has 6 nitrogen and oxygen atoms in total. The number of hydrogen-bond acceptors (Lipinski definition) is 4. The number of carbonyl (C=O) groups is 2. The molecule has 2 fully saturated rings. The topological polar surface area (TPSA) is 82.5 Å². The SMILES string of the molecule is Cc1c(N2CC(F)(F)C2)nc2ccc(Br)cc2c1C(=O)NC1CCC(C(=O)O)CC1c1ccccc1F. The highest BCUT2D eigenvalue weighted by Gasteiger charge is 2.45. The van der Waals surface area contributed by atoms with Crippen molar-refractivity contribution in [1.82, 2.24) is 10.3 Å². The van der Waals surface area contributed by atoms with Crippen molar-refractivity contribution in [2.45, 2.75) is 44.1 Å². The number of carboxylic acids is 1. The number of anilines is 1. The minimum Gasteiger partial charge on any atom is -0.481 e. The number of benzene rings is 2. The maximum absolute atomic E-state index is 14.8. The number of aromatic nitrogens is 1. The highest BCUT2D eigenvalue weighted by molar-refractivity contribution is 9.10. The van der Waals surface area contributed by atoms with Gasteiger partial charge in [0.05, 0.1) is 30.1 Å². The zero-order chi connectivity index (χ0) is 26.5. The predicted octanol–water partition coefficient (Wildman–Crippen LogP) is 5.67. The van der Waals surface area contributed by atoms with Gasteiger partial charge in [-0.05, 0) is 56.0 Å². The molecule has 0 bridgehead atoms. The molecule has 2 heterocycles. The molecule has 3 aromatic rings. The van der Waals surface area contributed by atoms with Crippen LogP contribution in [0.4, 0.5) is 19.0 Å². The van der Waals surface area contributed by atoms with Crippen LogP contribution in [0.15, 0.2) is 46.9 Å². The maximum atomic E-state index is 14.8. The zero-order valence-corrected chi connectivity index (χ0v) is 21.6. The summed E-state index contributed by atoms with van der Waals surface area (Å²) in [6.07, 6.45) is 0.899. The first-order chi connectivity index (χ1) is 17.5. The van der Waals surface area contributed by atoms with Crippen molar-refractivity contribution in [3.63, 3.8) is 0 Å². The van der Waals surface area contributed by atoms with E-state index in [1.807, 2.05) is 0 Å². The first-order valence-electron chi connectivity index (χ1n) is 12.0. The number of alkyl halides is 2. The van der Waals surface area contributed by atoms with Gasteiger partial charge in [-0.3, -0.25) is 9.59 Å². The molecule has 194 valence electrons. The molecule has 3 atom stereocenters. The van der Waals surface area contributed by atoms with Gasteiger partial charge in [0.25, 0.3) is 11.8 Å². The number of hydrogen-bond donors (Lipinski definition) is 2. The van der Waals surface area contributed by atoms with Gasteiger partial charge < -0.3 is 15.3 Å². The second kappa shape index (κ2) is 9.63. The van der Waals surface area contributed by atoms with E-state index in [4.69, 9.17) is 0 Å². The van der Waals surface area contributed by atoms with Crippen LogP contribution in [-0.4, -0.2) is 47.0 Å². The fourth-order valence-corrected chi connectivity index (χ4v) is 5.87. The Morgan fingerprint density at radius 1 is 1.16 bits per heavy atom. The van der Waals surface area contributed by atoms with Gasteiger partial charge in [0.15, 0.2) is 0 Å². The average molecular weight is 576 g/mol. The molecule has 1 amide bonds. The summed E-state index contributed by atoms with van der Waals surface area (Å²) in [5.41, 5.74) is 1.63. The van der Waals surface area contributed by atoms with Crippen LogP contribution in [0.3, 0.4) is 0 Å². The molecule has 5 rings (SSSR count). The van der Waals surface area contributed by atoms with Crippen LogP contribution in [0.1, 0.15) is 46.7 Å². The van der Waals surface area contributed by atoms with Gasteiger partial charge >= 0.3 is 5.97 Å². The van der Waals surface area contributed by atoms with E-state index < -0.39 is 54.6 Å². The third-order valence-corrected chi connectivity index (χ3v) is 7.85. The number of carbonyl (C=O) groups excluding carboxylic acids is 1. The molecule has 10 heteroatoms. The second-order valence-electron chi connectivity index (χ2n) is 9.87. The van der Waals surface area contributed by atoms with Crippen LogP contribution >= 0.6 is 15.9 Å². The van der Waals surface area contributed by atoms with Gasteiger partial charge in [0.2, 0.25) is 0 Å². The van der Waals surface area contributed by atoms with Crippen molar-refractivity contribution in [3.8, 4) is 0 Å². The largest absolute Gasteiger partial charge is 0.481 e. The van der Waals surface area contributed by atoms with E-state index in [1.165, 1.54) is 11.0 Å². The Labute approximate surface area is 220 Å². The van der Waals surface area contributed by atoms with E-state index in [1.54, 1.807) is 43.3 Å². The summed E-state index contributed by atoms with van der Waals surface area (Å²) in [4.78, 5) is 31.6. The zero-order valence-electron chi connectivity index (χ0n) is 20.0. The molecule has 2 N–H and O–H groups in total.